The Labute approximate surface area is 109 Å². The zero-order chi connectivity index (χ0) is 13.8. The number of carbonyl (C=O) groups is 1. The van der Waals surface area contributed by atoms with Crippen molar-refractivity contribution < 1.29 is 14.6 Å². The molecular formula is C12H14N4O3. The predicted octanol–water partition coefficient (Wildman–Crippen LogP) is -0.0755. The first-order valence-corrected chi connectivity index (χ1v) is 5.62. The summed E-state index contributed by atoms with van der Waals surface area (Å²) in [5.41, 5.74) is 11.8. The van der Waals surface area contributed by atoms with E-state index in [1.165, 1.54) is 4.68 Å². The first-order valence-electron chi connectivity index (χ1n) is 5.62. The van der Waals surface area contributed by atoms with Crippen molar-refractivity contribution in [3.8, 4) is 11.6 Å². The second-order valence-electron chi connectivity index (χ2n) is 3.75. The van der Waals surface area contributed by atoms with E-state index in [0.29, 0.717) is 5.69 Å². The van der Waals surface area contributed by atoms with Crippen LogP contribution in [0.1, 0.15) is 10.4 Å². The number of rotatable bonds is 5. The van der Waals surface area contributed by atoms with Crippen molar-refractivity contribution in [2.75, 3.05) is 18.9 Å². The van der Waals surface area contributed by atoms with Gasteiger partial charge in [-0.2, -0.15) is 0 Å². The van der Waals surface area contributed by atoms with Crippen LogP contribution in [0.3, 0.4) is 0 Å². The van der Waals surface area contributed by atoms with E-state index in [1.807, 2.05) is 18.2 Å². The van der Waals surface area contributed by atoms with Crippen molar-refractivity contribution >= 4 is 11.7 Å². The first-order chi connectivity index (χ1) is 9.15. The molecule has 5 N–H and O–H groups in total. The van der Waals surface area contributed by atoms with Gasteiger partial charge in [-0.3, -0.25) is 4.79 Å². The minimum Gasteiger partial charge on any atom is -0.474 e. The zero-order valence-corrected chi connectivity index (χ0v) is 10.1. The molecule has 7 nitrogen and oxygen atoms in total. The topological polar surface area (TPSA) is 116 Å². The molecule has 1 aromatic heterocycles. The molecule has 0 aliphatic rings. The molecule has 0 saturated carbocycles. The molecule has 0 saturated heterocycles. The lowest BCUT2D eigenvalue weighted by Crippen LogP contribution is -2.15. The SMILES string of the molecule is NC(=O)c1c(OCCO)nn(-c2ccccc2)c1N. The number of para-hydroxylation sites is 1. The Kier molecular flexibility index (Phi) is 3.67. The molecule has 2 rings (SSSR count). The van der Waals surface area contributed by atoms with Crippen LogP contribution in [0.2, 0.25) is 0 Å². The summed E-state index contributed by atoms with van der Waals surface area (Å²) in [6.07, 6.45) is 0. The second-order valence-corrected chi connectivity index (χ2v) is 3.75. The van der Waals surface area contributed by atoms with Crippen LogP contribution in [0.15, 0.2) is 30.3 Å². The number of hydrogen-bond acceptors (Lipinski definition) is 5. The number of aliphatic hydroxyl groups is 1. The van der Waals surface area contributed by atoms with Gasteiger partial charge in [0.25, 0.3) is 5.91 Å². The van der Waals surface area contributed by atoms with E-state index in [4.69, 9.17) is 21.3 Å². The van der Waals surface area contributed by atoms with Crippen LogP contribution in [-0.4, -0.2) is 34.0 Å². The van der Waals surface area contributed by atoms with Gasteiger partial charge >= 0.3 is 0 Å². The number of nitrogens with two attached hydrogens (primary N) is 2. The number of nitrogen functional groups attached to an aromatic ring is 1. The van der Waals surface area contributed by atoms with E-state index in [0.717, 1.165) is 0 Å². The molecule has 0 aliphatic heterocycles. The van der Waals surface area contributed by atoms with Gasteiger partial charge < -0.3 is 21.3 Å². The summed E-state index contributed by atoms with van der Waals surface area (Å²) in [5.74, 6) is -0.609. The van der Waals surface area contributed by atoms with Crippen molar-refractivity contribution in [3.05, 3.63) is 35.9 Å². The standard InChI is InChI=1S/C12H14N4O3/c13-10-9(11(14)18)12(19-7-6-17)15-16(10)8-4-2-1-3-5-8/h1-5,17H,6-7,13H2,(H2,14,18). The molecule has 100 valence electrons. The van der Waals surface area contributed by atoms with Crippen LogP contribution in [0.25, 0.3) is 5.69 Å². The van der Waals surface area contributed by atoms with Crippen LogP contribution in [0.4, 0.5) is 5.82 Å². The monoisotopic (exact) mass is 262 g/mol. The van der Waals surface area contributed by atoms with Gasteiger partial charge in [0.2, 0.25) is 5.88 Å². The molecule has 0 bridgehead atoms. The highest BCUT2D eigenvalue weighted by Gasteiger charge is 2.22. The highest BCUT2D eigenvalue weighted by atomic mass is 16.5. The Bertz CT molecular complexity index is 580. The predicted molar refractivity (Wildman–Crippen MR) is 69.1 cm³/mol. The number of amides is 1. The molecule has 0 atom stereocenters. The Hall–Kier alpha value is -2.54. The third-order valence-electron chi connectivity index (χ3n) is 2.47. The molecule has 0 fully saturated rings. The summed E-state index contributed by atoms with van der Waals surface area (Å²) >= 11 is 0. The van der Waals surface area contributed by atoms with Gasteiger partial charge in [0, 0.05) is 0 Å². The maximum Gasteiger partial charge on any atom is 0.258 e. The number of aromatic nitrogens is 2. The third-order valence-corrected chi connectivity index (χ3v) is 2.47. The molecule has 19 heavy (non-hydrogen) atoms. The maximum absolute atomic E-state index is 11.4. The quantitative estimate of drug-likeness (QED) is 0.697. The summed E-state index contributed by atoms with van der Waals surface area (Å²) < 4.78 is 6.54. The smallest absolute Gasteiger partial charge is 0.258 e. The van der Waals surface area contributed by atoms with Crippen LogP contribution in [0, 0.1) is 0 Å². The lowest BCUT2D eigenvalue weighted by molar-refractivity contribution is 0.0995. The van der Waals surface area contributed by atoms with Crippen molar-refractivity contribution in [1.82, 2.24) is 9.78 Å². The molecular weight excluding hydrogens is 248 g/mol. The number of ether oxygens (including phenoxy) is 1. The number of anilines is 1. The average Bonchev–Trinajstić information content (AvgIpc) is 2.74. The molecule has 0 spiro atoms. The number of carbonyl (C=O) groups excluding carboxylic acids is 1. The van der Waals surface area contributed by atoms with Gasteiger partial charge in [-0.25, -0.2) is 4.68 Å². The molecule has 0 unspecified atom stereocenters. The molecule has 0 aliphatic carbocycles. The van der Waals surface area contributed by atoms with Gasteiger partial charge in [0.05, 0.1) is 12.3 Å². The van der Waals surface area contributed by atoms with Crippen LogP contribution in [-0.2, 0) is 0 Å². The fourth-order valence-corrected chi connectivity index (χ4v) is 1.65. The van der Waals surface area contributed by atoms with Crippen LogP contribution in [0.5, 0.6) is 5.88 Å². The number of nitrogens with zero attached hydrogens (tertiary/aromatic N) is 2. The van der Waals surface area contributed by atoms with Crippen molar-refractivity contribution in [3.63, 3.8) is 0 Å². The lowest BCUT2D eigenvalue weighted by atomic mass is 10.3. The Morgan fingerprint density at radius 3 is 2.63 bits per heavy atom. The zero-order valence-electron chi connectivity index (χ0n) is 10.1. The molecule has 1 aromatic carbocycles. The molecule has 2 aromatic rings. The van der Waals surface area contributed by atoms with E-state index in [2.05, 4.69) is 5.10 Å². The number of benzene rings is 1. The maximum atomic E-state index is 11.4. The number of primary amides is 1. The van der Waals surface area contributed by atoms with Crippen molar-refractivity contribution in [1.29, 1.82) is 0 Å². The average molecular weight is 262 g/mol. The number of hydrogen-bond donors (Lipinski definition) is 3. The van der Waals surface area contributed by atoms with Gasteiger partial charge in [0.1, 0.15) is 18.0 Å². The summed E-state index contributed by atoms with van der Waals surface area (Å²) in [6, 6.07) is 9.04. The van der Waals surface area contributed by atoms with E-state index >= 15 is 0 Å². The number of aliphatic hydroxyl groups excluding tert-OH is 1. The third kappa shape index (κ3) is 2.50. The highest BCUT2D eigenvalue weighted by molar-refractivity contribution is 6.00. The minimum absolute atomic E-state index is 0.00548. The Morgan fingerprint density at radius 1 is 1.37 bits per heavy atom. The lowest BCUT2D eigenvalue weighted by Gasteiger charge is -2.02. The minimum atomic E-state index is -0.729. The summed E-state index contributed by atoms with van der Waals surface area (Å²) in [4.78, 5) is 11.4. The van der Waals surface area contributed by atoms with E-state index in [-0.39, 0.29) is 30.5 Å². The van der Waals surface area contributed by atoms with Crippen molar-refractivity contribution in [2.45, 2.75) is 0 Å². The fraction of sp³-hybridized carbons (Fsp3) is 0.167. The van der Waals surface area contributed by atoms with Crippen molar-refractivity contribution in [2.24, 2.45) is 5.73 Å². The largest absolute Gasteiger partial charge is 0.474 e. The van der Waals surface area contributed by atoms with E-state index in [1.54, 1.807) is 12.1 Å². The molecule has 1 heterocycles. The first kappa shape index (κ1) is 12.9. The van der Waals surface area contributed by atoms with Gasteiger partial charge in [-0.1, -0.05) is 18.2 Å². The Morgan fingerprint density at radius 2 is 2.05 bits per heavy atom. The molecule has 0 radical (unpaired) electrons. The molecule has 7 heteroatoms. The highest BCUT2D eigenvalue weighted by Crippen LogP contribution is 2.26. The van der Waals surface area contributed by atoms with E-state index in [9.17, 15) is 4.79 Å². The van der Waals surface area contributed by atoms with Crippen LogP contribution < -0.4 is 16.2 Å². The van der Waals surface area contributed by atoms with Gasteiger partial charge in [-0.15, -0.1) is 5.10 Å². The van der Waals surface area contributed by atoms with Crippen LogP contribution >= 0.6 is 0 Å². The fourth-order valence-electron chi connectivity index (χ4n) is 1.65. The Balaban J connectivity index is 2.49. The van der Waals surface area contributed by atoms with Gasteiger partial charge in [0.15, 0.2) is 0 Å². The summed E-state index contributed by atoms with van der Waals surface area (Å²) in [7, 11) is 0. The summed E-state index contributed by atoms with van der Waals surface area (Å²) in [6.45, 7) is -0.193. The normalized spacial score (nSPS) is 10.4. The molecule has 1 amide bonds. The second kappa shape index (κ2) is 5.40. The summed E-state index contributed by atoms with van der Waals surface area (Å²) in [5, 5.41) is 12.8. The van der Waals surface area contributed by atoms with E-state index < -0.39 is 5.91 Å². The van der Waals surface area contributed by atoms with Gasteiger partial charge in [-0.05, 0) is 12.1 Å².